The summed E-state index contributed by atoms with van der Waals surface area (Å²) in [7, 11) is 1.60. The van der Waals surface area contributed by atoms with Crippen LogP contribution in [0.4, 0.5) is 0 Å². The topological polar surface area (TPSA) is 95.2 Å². The van der Waals surface area contributed by atoms with E-state index in [9.17, 15) is 14.7 Å². The van der Waals surface area contributed by atoms with Crippen molar-refractivity contribution in [2.75, 3.05) is 7.11 Å². The number of H-pyrrole nitrogens is 2. The third-order valence-corrected chi connectivity index (χ3v) is 3.51. The number of hydrogen-bond acceptors (Lipinski definition) is 4. The zero-order valence-electron chi connectivity index (χ0n) is 12.2. The smallest absolute Gasteiger partial charge is 0.328 e. The van der Waals surface area contributed by atoms with Crippen molar-refractivity contribution in [3.8, 4) is 11.6 Å². The molecule has 3 N–H and O–H groups in total. The van der Waals surface area contributed by atoms with Crippen LogP contribution in [0, 0.1) is 0 Å². The monoisotopic (exact) mass is 290 g/mol. The van der Waals surface area contributed by atoms with E-state index in [-0.39, 0.29) is 17.9 Å². The highest BCUT2D eigenvalue weighted by Crippen LogP contribution is 2.29. The number of nitrogens with one attached hydrogen (secondary N) is 2. The average molecular weight is 290 g/mol. The van der Waals surface area contributed by atoms with E-state index in [0.717, 1.165) is 11.3 Å². The van der Waals surface area contributed by atoms with Gasteiger partial charge in [-0.3, -0.25) is 14.8 Å². The summed E-state index contributed by atoms with van der Waals surface area (Å²) in [5, 5.41) is 9.77. The minimum Gasteiger partial charge on any atom is -0.497 e. The molecular weight excluding hydrogens is 272 g/mol. The molecular formula is C15H18N2O4. The lowest BCUT2D eigenvalue weighted by molar-refractivity contribution is 0.412. The second kappa shape index (κ2) is 5.47. The predicted molar refractivity (Wildman–Crippen MR) is 79.1 cm³/mol. The van der Waals surface area contributed by atoms with E-state index >= 15 is 0 Å². The molecule has 6 heteroatoms. The van der Waals surface area contributed by atoms with Crippen LogP contribution in [-0.2, 0) is 11.8 Å². The molecule has 6 nitrogen and oxygen atoms in total. The normalized spacial score (nSPS) is 11.4. The molecule has 0 spiro atoms. The molecule has 0 saturated carbocycles. The van der Waals surface area contributed by atoms with E-state index in [1.807, 2.05) is 38.1 Å². The van der Waals surface area contributed by atoms with E-state index in [2.05, 4.69) is 9.97 Å². The number of aromatic nitrogens is 2. The molecule has 0 aliphatic rings. The SMILES string of the molecule is COc1ccc(C(C)(C)Cc2c(O)[nH]c(=O)[nH]c2=O)cc1. The molecule has 0 atom stereocenters. The molecule has 2 rings (SSSR count). The van der Waals surface area contributed by atoms with Gasteiger partial charge in [0.15, 0.2) is 0 Å². The summed E-state index contributed by atoms with van der Waals surface area (Å²) in [5.41, 5.74) is -0.528. The standard InChI is InChI=1S/C15H18N2O4/c1-15(2,9-4-6-10(21-3)7-5-9)8-11-12(18)16-14(20)17-13(11)19/h4-7H,8H2,1-3H3,(H3,16,17,18,19,20). The van der Waals surface area contributed by atoms with Gasteiger partial charge in [0.2, 0.25) is 5.88 Å². The van der Waals surface area contributed by atoms with Gasteiger partial charge in [-0.15, -0.1) is 0 Å². The fourth-order valence-electron chi connectivity index (χ4n) is 2.25. The molecule has 112 valence electrons. The van der Waals surface area contributed by atoms with Gasteiger partial charge in [0.1, 0.15) is 5.75 Å². The maximum atomic E-state index is 11.8. The fourth-order valence-corrected chi connectivity index (χ4v) is 2.25. The average Bonchev–Trinajstić information content (AvgIpc) is 2.43. The van der Waals surface area contributed by atoms with Gasteiger partial charge < -0.3 is 9.84 Å². The molecule has 1 heterocycles. The highest BCUT2D eigenvalue weighted by molar-refractivity contribution is 5.34. The van der Waals surface area contributed by atoms with Crippen LogP contribution in [0.1, 0.15) is 25.0 Å². The van der Waals surface area contributed by atoms with Crippen LogP contribution in [0.5, 0.6) is 11.6 Å². The Morgan fingerprint density at radius 3 is 2.29 bits per heavy atom. The maximum absolute atomic E-state index is 11.8. The molecule has 0 radical (unpaired) electrons. The Balaban J connectivity index is 2.36. The first-order valence-electron chi connectivity index (χ1n) is 6.52. The largest absolute Gasteiger partial charge is 0.497 e. The van der Waals surface area contributed by atoms with Crippen LogP contribution in [0.25, 0.3) is 0 Å². The number of aromatic amines is 2. The van der Waals surface area contributed by atoms with Gasteiger partial charge in [-0.25, -0.2) is 4.79 Å². The highest BCUT2D eigenvalue weighted by Gasteiger charge is 2.25. The number of methoxy groups -OCH3 is 1. The van der Waals surface area contributed by atoms with Crippen molar-refractivity contribution in [2.45, 2.75) is 25.7 Å². The molecule has 0 unspecified atom stereocenters. The molecule has 2 aromatic rings. The van der Waals surface area contributed by atoms with Crippen LogP contribution in [0.2, 0.25) is 0 Å². The van der Waals surface area contributed by atoms with Gasteiger partial charge in [-0.2, -0.15) is 0 Å². The van der Waals surface area contributed by atoms with Crippen molar-refractivity contribution >= 4 is 0 Å². The minimum absolute atomic E-state index is 0.162. The molecule has 0 amide bonds. The predicted octanol–water partition coefficient (Wildman–Crippen LogP) is 1.30. The van der Waals surface area contributed by atoms with Crippen molar-refractivity contribution in [2.24, 2.45) is 0 Å². The van der Waals surface area contributed by atoms with E-state index in [1.54, 1.807) is 7.11 Å². The van der Waals surface area contributed by atoms with Gasteiger partial charge in [-0.05, 0) is 29.5 Å². The Morgan fingerprint density at radius 2 is 1.76 bits per heavy atom. The highest BCUT2D eigenvalue weighted by atomic mass is 16.5. The molecule has 0 aliphatic carbocycles. The fraction of sp³-hybridized carbons (Fsp3) is 0.333. The number of ether oxygens (including phenoxy) is 1. The van der Waals surface area contributed by atoms with Crippen molar-refractivity contribution < 1.29 is 9.84 Å². The zero-order chi connectivity index (χ0) is 15.6. The molecule has 0 fully saturated rings. The maximum Gasteiger partial charge on any atom is 0.328 e. The summed E-state index contributed by atoms with van der Waals surface area (Å²) >= 11 is 0. The third kappa shape index (κ3) is 3.16. The summed E-state index contributed by atoms with van der Waals surface area (Å²) in [6.07, 6.45) is 0.289. The van der Waals surface area contributed by atoms with Crippen molar-refractivity contribution in [1.29, 1.82) is 0 Å². The Bertz CT molecular complexity index is 742. The zero-order valence-corrected chi connectivity index (χ0v) is 12.2. The first kappa shape index (κ1) is 14.9. The van der Waals surface area contributed by atoms with Gasteiger partial charge in [0.05, 0.1) is 12.7 Å². The van der Waals surface area contributed by atoms with Gasteiger partial charge in [0, 0.05) is 0 Å². The van der Waals surface area contributed by atoms with Gasteiger partial charge >= 0.3 is 5.69 Å². The van der Waals surface area contributed by atoms with Crippen LogP contribution in [0.15, 0.2) is 33.9 Å². The van der Waals surface area contributed by atoms with Crippen molar-refractivity contribution in [1.82, 2.24) is 9.97 Å². The number of aromatic hydroxyl groups is 1. The molecule has 1 aromatic carbocycles. The van der Waals surface area contributed by atoms with Crippen molar-refractivity contribution in [3.63, 3.8) is 0 Å². The minimum atomic E-state index is -0.719. The quantitative estimate of drug-likeness (QED) is 0.791. The lowest BCUT2D eigenvalue weighted by Crippen LogP contribution is -2.30. The summed E-state index contributed by atoms with van der Waals surface area (Å²) in [5.74, 6) is 0.365. The van der Waals surface area contributed by atoms with E-state index in [4.69, 9.17) is 4.74 Å². The lowest BCUT2D eigenvalue weighted by atomic mass is 9.79. The summed E-state index contributed by atoms with van der Waals surface area (Å²) in [6, 6.07) is 7.51. The molecule has 1 aromatic heterocycles. The molecule has 0 saturated heterocycles. The Labute approximate surface area is 121 Å². The lowest BCUT2D eigenvalue weighted by Gasteiger charge is -2.25. The van der Waals surface area contributed by atoms with Crippen LogP contribution < -0.4 is 16.0 Å². The van der Waals surface area contributed by atoms with E-state index < -0.39 is 16.7 Å². The van der Waals surface area contributed by atoms with Crippen LogP contribution in [0.3, 0.4) is 0 Å². The number of benzene rings is 1. The van der Waals surface area contributed by atoms with E-state index in [1.165, 1.54) is 0 Å². The van der Waals surface area contributed by atoms with Crippen LogP contribution >= 0.6 is 0 Å². The van der Waals surface area contributed by atoms with Crippen molar-refractivity contribution in [3.05, 3.63) is 56.2 Å². The summed E-state index contributed by atoms with van der Waals surface area (Å²) in [6.45, 7) is 3.91. The van der Waals surface area contributed by atoms with Gasteiger partial charge in [0.25, 0.3) is 5.56 Å². The molecule has 0 bridgehead atoms. The number of hydrogen-bond donors (Lipinski definition) is 3. The number of rotatable bonds is 4. The molecule has 0 aliphatic heterocycles. The Morgan fingerprint density at radius 1 is 1.14 bits per heavy atom. The van der Waals surface area contributed by atoms with Gasteiger partial charge in [-0.1, -0.05) is 26.0 Å². The summed E-state index contributed by atoms with van der Waals surface area (Å²) in [4.78, 5) is 27.2. The Kier molecular flexibility index (Phi) is 3.88. The van der Waals surface area contributed by atoms with E-state index in [0.29, 0.717) is 0 Å². The third-order valence-electron chi connectivity index (χ3n) is 3.51. The first-order chi connectivity index (χ1) is 9.83. The second-order valence-electron chi connectivity index (χ2n) is 5.52. The summed E-state index contributed by atoms with van der Waals surface area (Å²) < 4.78 is 5.12. The first-order valence-corrected chi connectivity index (χ1v) is 6.52. The molecule has 21 heavy (non-hydrogen) atoms. The van der Waals surface area contributed by atoms with Crippen LogP contribution in [-0.4, -0.2) is 22.2 Å². The Hall–Kier alpha value is -2.50. The second-order valence-corrected chi connectivity index (χ2v) is 5.52.